The lowest BCUT2D eigenvalue weighted by molar-refractivity contribution is -0.133. The van der Waals surface area contributed by atoms with Gasteiger partial charge in [0.15, 0.2) is 0 Å². The molecular weight excluding hydrogens is 324 g/mol. The molecular formula is C22H26N2O2. The van der Waals surface area contributed by atoms with Crippen LogP contribution in [0.3, 0.4) is 0 Å². The van der Waals surface area contributed by atoms with E-state index in [0.717, 1.165) is 25.1 Å². The van der Waals surface area contributed by atoms with E-state index in [-0.39, 0.29) is 24.3 Å². The number of hydrogen-bond donors (Lipinski definition) is 1. The van der Waals surface area contributed by atoms with Gasteiger partial charge in [-0.25, -0.2) is 0 Å². The molecule has 0 spiro atoms. The van der Waals surface area contributed by atoms with Crippen molar-refractivity contribution < 1.29 is 9.59 Å². The zero-order valence-corrected chi connectivity index (χ0v) is 15.2. The van der Waals surface area contributed by atoms with E-state index >= 15 is 0 Å². The van der Waals surface area contributed by atoms with Crippen LogP contribution in [0.5, 0.6) is 0 Å². The van der Waals surface area contributed by atoms with Gasteiger partial charge in [-0.3, -0.25) is 9.59 Å². The second-order valence-corrected chi connectivity index (χ2v) is 7.09. The Balaban J connectivity index is 1.73. The van der Waals surface area contributed by atoms with E-state index in [4.69, 9.17) is 0 Å². The van der Waals surface area contributed by atoms with Crippen molar-refractivity contribution >= 4 is 11.8 Å². The topological polar surface area (TPSA) is 49.4 Å². The van der Waals surface area contributed by atoms with E-state index in [1.807, 2.05) is 53.4 Å². The Bertz CT molecular complexity index is 730. The molecule has 1 N–H and O–H groups in total. The molecule has 136 valence electrons. The highest BCUT2D eigenvalue weighted by molar-refractivity contribution is 5.94. The number of likely N-dealkylation sites (tertiary alicyclic amines) is 1. The third-order valence-corrected chi connectivity index (χ3v) is 4.93. The molecule has 2 unspecified atom stereocenters. The molecule has 0 bridgehead atoms. The van der Waals surface area contributed by atoms with Crippen LogP contribution in [0.1, 0.15) is 48.1 Å². The van der Waals surface area contributed by atoms with Crippen molar-refractivity contribution in [2.24, 2.45) is 5.92 Å². The van der Waals surface area contributed by atoms with Crippen molar-refractivity contribution in [3.63, 3.8) is 0 Å². The van der Waals surface area contributed by atoms with Gasteiger partial charge in [0, 0.05) is 18.7 Å². The first kappa shape index (κ1) is 18.2. The lowest BCUT2D eigenvalue weighted by atomic mass is 9.98. The summed E-state index contributed by atoms with van der Waals surface area (Å²) >= 11 is 0. The SMILES string of the molecule is CC1CCCN(C(=O)CC(NC(=O)c2ccccc2)c2ccccc2)C1. The summed E-state index contributed by atoms with van der Waals surface area (Å²) in [6, 6.07) is 18.5. The molecule has 4 nitrogen and oxygen atoms in total. The zero-order chi connectivity index (χ0) is 18.4. The third-order valence-electron chi connectivity index (χ3n) is 4.93. The normalized spacial score (nSPS) is 18.2. The molecule has 0 saturated carbocycles. The fraction of sp³-hybridized carbons (Fsp3) is 0.364. The molecule has 2 amide bonds. The molecule has 0 aromatic heterocycles. The second kappa shape index (κ2) is 8.65. The number of rotatable bonds is 5. The van der Waals surface area contributed by atoms with Gasteiger partial charge in [0.1, 0.15) is 0 Å². The Kier molecular flexibility index (Phi) is 6.05. The van der Waals surface area contributed by atoms with E-state index in [2.05, 4.69) is 12.2 Å². The van der Waals surface area contributed by atoms with Gasteiger partial charge in [0.2, 0.25) is 5.91 Å². The number of benzene rings is 2. The second-order valence-electron chi connectivity index (χ2n) is 7.09. The van der Waals surface area contributed by atoms with Crippen molar-refractivity contribution in [3.05, 3.63) is 71.8 Å². The van der Waals surface area contributed by atoms with E-state index in [1.54, 1.807) is 12.1 Å². The van der Waals surface area contributed by atoms with Crippen LogP contribution < -0.4 is 5.32 Å². The van der Waals surface area contributed by atoms with E-state index < -0.39 is 0 Å². The molecule has 2 aromatic carbocycles. The van der Waals surface area contributed by atoms with Crippen LogP contribution in [-0.4, -0.2) is 29.8 Å². The maximum atomic E-state index is 12.8. The minimum absolute atomic E-state index is 0.110. The van der Waals surface area contributed by atoms with Gasteiger partial charge in [0.25, 0.3) is 5.91 Å². The van der Waals surface area contributed by atoms with Gasteiger partial charge in [-0.1, -0.05) is 55.5 Å². The predicted octanol–water partition coefficient (Wildman–Crippen LogP) is 3.81. The average molecular weight is 350 g/mol. The van der Waals surface area contributed by atoms with Crippen LogP contribution in [0, 0.1) is 5.92 Å². The molecule has 2 aromatic rings. The van der Waals surface area contributed by atoms with Crippen LogP contribution in [0.15, 0.2) is 60.7 Å². The largest absolute Gasteiger partial charge is 0.345 e. The number of carbonyl (C=O) groups is 2. The highest BCUT2D eigenvalue weighted by atomic mass is 16.2. The molecule has 3 rings (SSSR count). The van der Waals surface area contributed by atoms with Gasteiger partial charge in [-0.15, -0.1) is 0 Å². The summed E-state index contributed by atoms with van der Waals surface area (Å²) in [6.45, 7) is 3.82. The first-order valence-corrected chi connectivity index (χ1v) is 9.32. The van der Waals surface area contributed by atoms with Crippen molar-refractivity contribution in [2.45, 2.75) is 32.2 Å². The number of amides is 2. The van der Waals surface area contributed by atoms with Crippen LogP contribution >= 0.6 is 0 Å². The van der Waals surface area contributed by atoms with Crippen molar-refractivity contribution in [2.75, 3.05) is 13.1 Å². The summed E-state index contributed by atoms with van der Waals surface area (Å²) < 4.78 is 0. The number of nitrogens with zero attached hydrogens (tertiary/aromatic N) is 1. The van der Waals surface area contributed by atoms with Crippen LogP contribution in [0.25, 0.3) is 0 Å². The third kappa shape index (κ3) is 4.72. The molecule has 0 aliphatic carbocycles. The van der Waals surface area contributed by atoms with E-state index in [9.17, 15) is 9.59 Å². The number of hydrogen-bond acceptors (Lipinski definition) is 2. The molecule has 1 heterocycles. The van der Waals surface area contributed by atoms with E-state index in [1.165, 1.54) is 6.42 Å². The summed E-state index contributed by atoms with van der Waals surface area (Å²) in [5.74, 6) is 0.500. The summed E-state index contributed by atoms with van der Waals surface area (Å²) in [4.78, 5) is 27.4. The lowest BCUT2D eigenvalue weighted by Crippen LogP contribution is -2.41. The fourth-order valence-corrected chi connectivity index (χ4v) is 3.49. The van der Waals surface area contributed by atoms with Crippen LogP contribution in [0.4, 0.5) is 0 Å². The Labute approximate surface area is 155 Å². The number of carbonyl (C=O) groups excluding carboxylic acids is 2. The summed E-state index contributed by atoms with van der Waals surface area (Å²) in [7, 11) is 0. The first-order valence-electron chi connectivity index (χ1n) is 9.32. The highest BCUT2D eigenvalue weighted by Crippen LogP contribution is 2.22. The fourth-order valence-electron chi connectivity index (χ4n) is 3.49. The van der Waals surface area contributed by atoms with Gasteiger partial charge in [-0.2, -0.15) is 0 Å². The molecule has 1 aliphatic rings. The smallest absolute Gasteiger partial charge is 0.251 e. The average Bonchev–Trinajstić information content (AvgIpc) is 2.68. The van der Waals surface area contributed by atoms with Crippen LogP contribution in [0.2, 0.25) is 0 Å². The number of piperidine rings is 1. The lowest BCUT2D eigenvalue weighted by Gasteiger charge is -2.32. The van der Waals surface area contributed by atoms with Crippen molar-refractivity contribution in [1.82, 2.24) is 10.2 Å². The van der Waals surface area contributed by atoms with Gasteiger partial charge in [0.05, 0.1) is 12.5 Å². The Morgan fingerprint density at radius 3 is 2.38 bits per heavy atom. The van der Waals surface area contributed by atoms with Gasteiger partial charge >= 0.3 is 0 Å². The molecule has 1 aliphatic heterocycles. The van der Waals surface area contributed by atoms with Gasteiger partial charge < -0.3 is 10.2 Å². The van der Waals surface area contributed by atoms with E-state index in [0.29, 0.717) is 11.5 Å². The minimum atomic E-state index is -0.325. The van der Waals surface area contributed by atoms with Crippen molar-refractivity contribution in [3.8, 4) is 0 Å². The monoisotopic (exact) mass is 350 g/mol. The highest BCUT2D eigenvalue weighted by Gasteiger charge is 2.25. The Morgan fingerprint density at radius 2 is 1.73 bits per heavy atom. The molecule has 0 radical (unpaired) electrons. The standard InChI is InChI=1S/C22H26N2O2/c1-17-9-8-14-24(16-17)21(25)15-20(18-10-4-2-5-11-18)23-22(26)19-12-6-3-7-13-19/h2-7,10-13,17,20H,8-9,14-16H2,1H3,(H,23,26). The summed E-state index contributed by atoms with van der Waals surface area (Å²) in [5.41, 5.74) is 1.56. The van der Waals surface area contributed by atoms with Crippen LogP contribution in [-0.2, 0) is 4.79 Å². The Hall–Kier alpha value is -2.62. The molecule has 1 saturated heterocycles. The molecule has 2 atom stereocenters. The minimum Gasteiger partial charge on any atom is -0.345 e. The van der Waals surface area contributed by atoms with Crippen molar-refractivity contribution in [1.29, 1.82) is 0 Å². The van der Waals surface area contributed by atoms with Gasteiger partial charge in [-0.05, 0) is 36.5 Å². The Morgan fingerprint density at radius 1 is 1.08 bits per heavy atom. The summed E-state index contributed by atoms with van der Waals surface area (Å²) in [5, 5.41) is 3.04. The molecule has 26 heavy (non-hydrogen) atoms. The number of nitrogens with one attached hydrogen (secondary N) is 1. The quantitative estimate of drug-likeness (QED) is 0.891. The first-order chi connectivity index (χ1) is 12.6. The maximum Gasteiger partial charge on any atom is 0.251 e. The zero-order valence-electron chi connectivity index (χ0n) is 15.2. The molecule has 1 fully saturated rings. The predicted molar refractivity (Wildman–Crippen MR) is 103 cm³/mol. The maximum absolute atomic E-state index is 12.8. The molecule has 4 heteroatoms. The summed E-state index contributed by atoms with van der Waals surface area (Å²) in [6.07, 6.45) is 2.52.